The molecule has 1 N–H and O–H groups in total. The molecule has 0 aromatic carbocycles. The Kier molecular flexibility index (Phi) is 17.9. The van der Waals surface area contributed by atoms with E-state index in [4.69, 9.17) is 17.0 Å². The SMILES string of the molecule is [B]P(O)(=S)OCCCCCCCCCCCCCCCCCC. The second-order valence-corrected chi connectivity index (χ2v) is 9.66. The normalized spacial score (nSPS) is 14.0. The predicted molar refractivity (Wildman–Crippen MR) is 108 cm³/mol. The summed E-state index contributed by atoms with van der Waals surface area (Å²) in [6, 6.07) is 0. The van der Waals surface area contributed by atoms with Crippen LogP contribution < -0.4 is 0 Å². The minimum absolute atomic E-state index is 0.503. The van der Waals surface area contributed by atoms with E-state index >= 15 is 0 Å². The molecule has 1 atom stereocenters. The first-order valence-corrected chi connectivity index (χ1v) is 12.6. The van der Waals surface area contributed by atoms with Crippen molar-refractivity contribution in [3.05, 3.63) is 0 Å². The summed E-state index contributed by atoms with van der Waals surface area (Å²) in [4.78, 5) is 9.12. The summed E-state index contributed by atoms with van der Waals surface area (Å²) in [6.07, 6.45) is 18.7. The average molecular weight is 360 g/mol. The first kappa shape index (κ1) is 23.6. The molecule has 0 rings (SSSR count). The van der Waals surface area contributed by atoms with Crippen LogP contribution in [0, 0.1) is 0 Å². The number of rotatable bonds is 18. The van der Waals surface area contributed by atoms with E-state index in [0.717, 1.165) is 12.8 Å². The highest BCUT2D eigenvalue weighted by atomic mass is 32.4. The lowest BCUT2D eigenvalue weighted by atomic mass is 10.0. The van der Waals surface area contributed by atoms with Gasteiger partial charge >= 0.3 is 0 Å². The number of hydrogen-bond acceptors (Lipinski definition) is 2. The molecule has 0 aromatic heterocycles. The molecular weight excluding hydrogens is 322 g/mol. The lowest BCUT2D eigenvalue weighted by Gasteiger charge is -2.10. The zero-order chi connectivity index (χ0) is 17.2. The monoisotopic (exact) mass is 360 g/mol. The van der Waals surface area contributed by atoms with Crippen LogP contribution in [0.3, 0.4) is 0 Å². The van der Waals surface area contributed by atoms with Crippen LogP contribution in [-0.4, -0.2) is 19.1 Å². The van der Waals surface area contributed by atoms with E-state index in [1.807, 2.05) is 0 Å². The van der Waals surface area contributed by atoms with Crippen molar-refractivity contribution >= 4 is 25.7 Å². The van der Waals surface area contributed by atoms with Crippen LogP contribution in [0.5, 0.6) is 0 Å². The van der Waals surface area contributed by atoms with Crippen LogP contribution in [0.25, 0.3) is 0 Å². The van der Waals surface area contributed by atoms with Gasteiger partial charge in [-0.1, -0.05) is 103 Å². The van der Waals surface area contributed by atoms with Crippen molar-refractivity contribution in [2.75, 3.05) is 6.61 Å². The van der Waals surface area contributed by atoms with Gasteiger partial charge in [-0.25, -0.2) is 0 Å². The highest BCUT2D eigenvalue weighted by Crippen LogP contribution is 2.35. The van der Waals surface area contributed by atoms with Crippen LogP contribution in [0.2, 0.25) is 0 Å². The Balaban J connectivity index is 3.01. The van der Waals surface area contributed by atoms with Crippen molar-refractivity contribution in [3.63, 3.8) is 0 Å². The number of hydrogen-bond donors (Lipinski definition) is 1. The number of unbranched alkanes of at least 4 members (excludes halogenated alkanes) is 15. The van der Waals surface area contributed by atoms with Crippen molar-refractivity contribution in [1.82, 2.24) is 0 Å². The maximum absolute atomic E-state index is 9.12. The molecule has 0 spiro atoms. The van der Waals surface area contributed by atoms with E-state index in [-0.39, 0.29) is 0 Å². The van der Waals surface area contributed by atoms with E-state index in [9.17, 15) is 0 Å². The summed E-state index contributed by atoms with van der Waals surface area (Å²) < 4.78 is 5.01. The van der Waals surface area contributed by atoms with E-state index < -0.39 is 6.37 Å². The minimum Gasteiger partial charge on any atom is -0.353 e. The molecular formula is C18H38BO2PS. The van der Waals surface area contributed by atoms with Gasteiger partial charge in [0.25, 0.3) is 0 Å². The highest BCUT2D eigenvalue weighted by Gasteiger charge is 2.02. The third-order valence-corrected chi connectivity index (χ3v) is 5.14. The molecule has 0 aliphatic heterocycles. The standard InChI is InChI=1S/C18H38BO2PS/c1-2-3-4-5-6-7-8-9-10-11-12-13-14-15-16-17-18-21-22(19,20)23/h2-18H2,1H3,(H,20,23). The molecule has 136 valence electrons. The van der Waals surface area contributed by atoms with E-state index in [1.165, 1.54) is 89.9 Å². The Morgan fingerprint density at radius 2 is 1.00 bits per heavy atom. The largest absolute Gasteiger partial charge is 0.353 e. The quantitative estimate of drug-likeness (QED) is 0.169. The van der Waals surface area contributed by atoms with Gasteiger partial charge in [-0.15, -0.1) is 0 Å². The lowest BCUT2D eigenvalue weighted by molar-refractivity contribution is 0.306. The van der Waals surface area contributed by atoms with Crippen LogP contribution >= 0.6 is 6.37 Å². The Labute approximate surface area is 151 Å². The van der Waals surface area contributed by atoms with Crippen LogP contribution in [-0.2, 0) is 16.3 Å². The third kappa shape index (κ3) is 22.6. The molecule has 1 unspecified atom stereocenters. The van der Waals surface area contributed by atoms with Gasteiger partial charge in [0.05, 0.1) is 6.61 Å². The fourth-order valence-electron chi connectivity index (χ4n) is 2.85. The molecule has 2 nitrogen and oxygen atoms in total. The molecule has 0 bridgehead atoms. The van der Waals surface area contributed by atoms with E-state index in [1.54, 1.807) is 0 Å². The van der Waals surface area contributed by atoms with Crippen molar-refractivity contribution in [2.45, 2.75) is 110 Å². The topological polar surface area (TPSA) is 29.5 Å². The third-order valence-electron chi connectivity index (χ3n) is 4.27. The second kappa shape index (κ2) is 17.5. The smallest absolute Gasteiger partial charge is 0.200 e. The van der Waals surface area contributed by atoms with Gasteiger partial charge < -0.3 is 9.42 Å². The zero-order valence-corrected chi connectivity index (χ0v) is 17.0. The fraction of sp³-hybridized carbons (Fsp3) is 1.00. The summed E-state index contributed by atoms with van der Waals surface area (Å²) in [5, 5.41) is 0. The summed E-state index contributed by atoms with van der Waals surface area (Å²) in [5.74, 6) is 0. The van der Waals surface area contributed by atoms with Crippen LogP contribution in [0.4, 0.5) is 0 Å². The Bertz CT molecular complexity index is 284. The summed E-state index contributed by atoms with van der Waals surface area (Å²) >= 11 is 4.62. The molecule has 0 aromatic rings. The molecule has 0 aliphatic rings. The van der Waals surface area contributed by atoms with Gasteiger partial charge in [0.1, 0.15) is 6.37 Å². The molecule has 0 amide bonds. The Morgan fingerprint density at radius 3 is 1.30 bits per heavy atom. The molecule has 5 heteroatoms. The maximum atomic E-state index is 9.12. The maximum Gasteiger partial charge on any atom is 0.200 e. The lowest BCUT2D eigenvalue weighted by Crippen LogP contribution is -1.92. The van der Waals surface area contributed by atoms with Crippen LogP contribution in [0.15, 0.2) is 0 Å². The van der Waals surface area contributed by atoms with Crippen molar-refractivity contribution in [2.24, 2.45) is 0 Å². The van der Waals surface area contributed by atoms with Gasteiger partial charge in [0, 0.05) is 0 Å². The molecule has 0 fully saturated rings. The van der Waals surface area contributed by atoms with E-state index in [2.05, 4.69) is 18.7 Å². The molecule has 2 radical (unpaired) electrons. The Hall–Kier alpha value is 0.635. The van der Waals surface area contributed by atoms with Crippen LogP contribution in [0.1, 0.15) is 110 Å². The highest BCUT2D eigenvalue weighted by molar-refractivity contribution is 8.20. The van der Waals surface area contributed by atoms with E-state index in [0.29, 0.717) is 6.61 Å². The summed E-state index contributed by atoms with van der Waals surface area (Å²) in [7, 11) is 5.26. The first-order valence-electron chi connectivity index (χ1n) is 9.82. The zero-order valence-electron chi connectivity index (χ0n) is 15.3. The molecule has 0 heterocycles. The second-order valence-electron chi connectivity index (χ2n) is 6.70. The van der Waals surface area contributed by atoms with Gasteiger partial charge in [0.2, 0.25) is 0 Å². The Morgan fingerprint density at radius 1 is 0.696 bits per heavy atom. The summed E-state index contributed by atoms with van der Waals surface area (Å²) in [6.45, 7) is 2.78. The van der Waals surface area contributed by atoms with Gasteiger partial charge in [-0.05, 0) is 18.2 Å². The fourth-order valence-corrected chi connectivity index (χ4v) is 3.46. The molecule has 0 saturated heterocycles. The van der Waals surface area contributed by atoms with Crippen molar-refractivity contribution in [1.29, 1.82) is 0 Å². The first-order chi connectivity index (χ1) is 11.1. The van der Waals surface area contributed by atoms with Gasteiger partial charge in [0.15, 0.2) is 7.57 Å². The minimum atomic E-state index is -2.92. The molecule has 23 heavy (non-hydrogen) atoms. The predicted octanol–water partition coefficient (Wildman–Crippen LogP) is 6.65. The molecule has 0 aliphatic carbocycles. The summed E-state index contributed by atoms with van der Waals surface area (Å²) in [5.41, 5.74) is 0. The van der Waals surface area contributed by atoms with Crippen molar-refractivity contribution in [3.8, 4) is 0 Å². The van der Waals surface area contributed by atoms with Gasteiger partial charge in [-0.2, -0.15) is 0 Å². The van der Waals surface area contributed by atoms with Gasteiger partial charge in [-0.3, -0.25) is 0 Å². The average Bonchev–Trinajstić information content (AvgIpc) is 2.49. The van der Waals surface area contributed by atoms with Crippen molar-refractivity contribution < 1.29 is 9.42 Å². The molecule has 0 saturated carbocycles.